The number of aliphatic hydroxyl groups is 1. The van der Waals surface area contributed by atoms with Gasteiger partial charge in [0.15, 0.2) is 0 Å². The molecular weight excluding hydrogens is 130 g/mol. The van der Waals surface area contributed by atoms with Crippen molar-refractivity contribution in [2.45, 2.75) is 20.0 Å². The van der Waals surface area contributed by atoms with E-state index in [0.717, 1.165) is 6.20 Å². The number of carbonyl (C=O) groups excluding carboxylic acids is 1. The highest BCUT2D eigenvalue weighted by Crippen LogP contribution is 2.08. The van der Waals surface area contributed by atoms with E-state index in [0.29, 0.717) is 6.29 Å². The van der Waals surface area contributed by atoms with Gasteiger partial charge in [0.1, 0.15) is 6.29 Å². The quantitative estimate of drug-likeness (QED) is 0.433. The molecule has 0 bridgehead atoms. The van der Waals surface area contributed by atoms with Crippen molar-refractivity contribution in [2.24, 2.45) is 11.7 Å². The fourth-order valence-electron chi connectivity index (χ4n) is 0.592. The minimum atomic E-state index is -0.734. The first-order chi connectivity index (χ1) is 4.63. The zero-order chi connectivity index (χ0) is 8.15. The Hall–Kier alpha value is -0.830. The van der Waals surface area contributed by atoms with Crippen molar-refractivity contribution in [3.63, 3.8) is 0 Å². The first-order valence-electron chi connectivity index (χ1n) is 3.18. The Morgan fingerprint density at radius 3 is 2.20 bits per heavy atom. The van der Waals surface area contributed by atoms with Crippen molar-refractivity contribution >= 4 is 6.29 Å². The van der Waals surface area contributed by atoms with Gasteiger partial charge in [0.05, 0.1) is 6.10 Å². The van der Waals surface area contributed by atoms with E-state index in [1.165, 1.54) is 0 Å². The molecule has 0 amide bonds. The third-order valence-electron chi connectivity index (χ3n) is 1.30. The number of hydrogen-bond acceptors (Lipinski definition) is 3. The maximum absolute atomic E-state index is 10.2. The van der Waals surface area contributed by atoms with Crippen molar-refractivity contribution in [3.05, 3.63) is 11.8 Å². The summed E-state index contributed by atoms with van der Waals surface area (Å²) in [4.78, 5) is 10.2. The van der Waals surface area contributed by atoms with Crippen LogP contribution >= 0.6 is 0 Å². The fraction of sp³-hybridized carbons (Fsp3) is 0.571. The third-order valence-corrected chi connectivity index (χ3v) is 1.30. The van der Waals surface area contributed by atoms with Gasteiger partial charge in [0.2, 0.25) is 0 Å². The highest BCUT2D eigenvalue weighted by molar-refractivity contribution is 5.74. The van der Waals surface area contributed by atoms with E-state index < -0.39 is 6.10 Å². The molecule has 0 aromatic heterocycles. The Morgan fingerprint density at radius 1 is 1.60 bits per heavy atom. The van der Waals surface area contributed by atoms with E-state index in [1.807, 2.05) is 13.8 Å². The summed E-state index contributed by atoms with van der Waals surface area (Å²) in [5.41, 5.74) is 5.31. The van der Waals surface area contributed by atoms with Gasteiger partial charge in [-0.1, -0.05) is 13.8 Å². The lowest BCUT2D eigenvalue weighted by atomic mass is 10.0. The Labute approximate surface area is 60.5 Å². The van der Waals surface area contributed by atoms with Crippen molar-refractivity contribution < 1.29 is 9.90 Å². The topological polar surface area (TPSA) is 63.3 Å². The summed E-state index contributed by atoms with van der Waals surface area (Å²) in [6, 6.07) is 0. The molecule has 10 heavy (non-hydrogen) atoms. The molecule has 0 rings (SSSR count). The largest absolute Gasteiger partial charge is 0.404 e. The Kier molecular flexibility index (Phi) is 3.72. The lowest BCUT2D eigenvalue weighted by molar-refractivity contribution is -0.106. The van der Waals surface area contributed by atoms with Crippen LogP contribution in [0.3, 0.4) is 0 Å². The van der Waals surface area contributed by atoms with Crippen LogP contribution in [0.15, 0.2) is 11.8 Å². The standard InChI is InChI=1S/C7H13NO2/c1-5(2)7(10)6(3-8)4-9/h3-5,7,10H,8H2,1-2H3. The average Bonchev–Trinajstić information content (AvgIpc) is 1.90. The summed E-state index contributed by atoms with van der Waals surface area (Å²) in [6.45, 7) is 3.63. The molecule has 0 aliphatic rings. The van der Waals surface area contributed by atoms with Crippen molar-refractivity contribution in [2.75, 3.05) is 0 Å². The van der Waals surface area contributed by atoms with E-state index in [1.54, 1.807) is 0 Å². The maximum atomic E-state index is 10.2. The minimum absolute atomic E-state index is 0.0278. The summed E-state index contributed by atoms with van der Waals surface area (Å²) < 4.78 is 0. The predicted molar refractivity (Wildman–Crippen MR) is 39.2 cm³/mol. The van der Waals surface area contributed by atoms with Crippen molar-refractivity contribution in [3.8, 4) is 0 Å². The number of aldehydes is 1. The van der Waals surface area contributed by atoms with Crippen LogP contribution in [-0.2, 0) is 4.79 Å². The first kappa shape index (κ1) is 9.17. The molecule has 0 spiro atoms. The van der Waals surface area contributed by atoms with E-state index >= 15 is 0 Å². The Bertz CT molecular complexity index is 141. The van der Waals surface area contributed by atoms with Crippen LogP contribution in [0, 0.1) is 5.92 Å². The maximum Gasteiger partial charge on any atom is 0.150 e. The molecule has 0 heterocycles. The lowest BCUT2D eigenvalue weighted by Gasteiger charge is -2.12. The SMILES string of the molecule is CC(C)C(O)C(C=O)=CN. The predicted octanol–water partition coefficient (Wildman–Crippen LogP) is 0.0448. The number of nitrogens with two attached hydrogens (primary N) is 1. The molecule has 1 atom stereocenters. The molecule has 1 unspecified atom stereocenters. The smallest absolute Gasteiger partial charge is 0.150 e. The summed E-state index contributed by atoms with van der Waals surface area (Å²) in [6.07, 6.45) is 0.977. The molecule has 58 valence electrons. The van der Waals surface area contributed by atoms with E-state index in [-0.39, 0.29) is 11.5 Å². The van der Waals surface area contributed by atoms with Gasteiger partial charge in [0.25, 0.3) is 0 Å². The molecule has 3 heteroatoms. The molecule has 0 saturated heterocycles. The number of hydrogen-bond donors (Lipinski definition) is 2. The fourth-order valence-corrected chi connectivity index (χ4v) is 0.592. The van der Waals surface area contributed by atoms with Gasteiger partial charge in [-0.05, 0) is 5.92 Å². The van der Waals surface area contributed by atoms with Gasteiger partial charge in [-0.15, -0.1) is 0 Å². The lowest BCUT2D eigenvalue weighted by Crippen LogP contribution is -2.19. The monoisotopic (exact) mass is 143 g/mol. The molecular formula is C7H13NO2. The van der Waals surface area contributed by atoms with Crippen LogP contribution in [0.25, 0.3) is 0 Å². The second-order valence-corrected chi connectivity index (χ2v) is 2.47. The second-order valence-electron chi connectivity index (χ2n) is 2.47. The van der Waals surface area contributed by atoms with Gasteiger partial charge in [-0.3, -0.25) is 4.79 Å². The molecule has 0 aromatic carbocycles. The van der Waals surface area contributed by atoms with Crippen LogP contribution in [0.5, 0.6) is 0 Å². The summed E-state index contributed by atoms with van der Waals surface area (Å²) in [5.74, 6) is 0.0278. The highest BCUT2D eigenvalue weighted by atomic mass is 16.3. The third kappa shape index (κ3) is 2.19. The molecule has 0 saturated carbocycles. The summed E-state index contributed by atoms with van der Waals surface area (Å²) >= 11 is 0. The summed E-state index contributed by atoms with van der Waals surface area (Å²) in [7, 11) is 0. The van der Waals surface area contributed by atoms with E-state index in [9.17, 15) is 9.90 Å². The van der Waals surface area contributed by atoms with E-state index in [2.05, 4.69) is 0 Å². The Morgan fingerprint density at radius 2 is 2.10 bits per heavy atom. The molecule has 0 aliphatic carbocycles. The van der Waals surface area contributed by atoms with Gasteiger partial charge in [-0.2, -0.15) is 0 Å². The number of rotatable bonds is 3. The van der Waals surface area contributed by atoms with Crippen molar-refractivity contribution in [1.82, 2.24) is 0 Å². The zero-order valence-corrected chi connectivity index (χ0v) is 6.24. The second kappa shape index (κ2) is 4.06. The highest BCUT2D eigenvalue weighted by Gasteiger charge is 2.12. The molecule has 3 nitrogen and oxygen atoms in total. The van der Waals surface area contributed by atoms with Crippen LogP contribution in [0.1, 0.15) is 13.8 Å². The van der Waals surface area contributed by atoms with Gasteiger partial charge in [0, 0.05) is 11.8 Å². The van der Waals surface area contributed by atoms with Gasteiger partial charge in [-0.25, -0.2) is 0 Å². The normalized spacial score (nSPS) is 15.4. The zero-order valence-electron chi connectivity index (χ0n) is 6.24. The average molecular weight is 143 g/mol. The minimum Gasteiger partial charge on any atom is -0.404 e. The van der Waals surface area contributed by atoms with Gasteiger partial charge < -0.3 is 10.8 Å². The number of carbonyl (C=O) groups is 1. The Balaban J connectivity index is 4.16. The number of aliphatic hydroxyl groups excluding tert-OH is 1. The molecule has 0 aromatic rings. The molecule has 0 aliphatic heterocycles. The molecule has 0 radical (unpaired) electrons. The summed E-state index contributed by atoms with van der Waals surface area (Å²) in [5, 5.41) is 9.21. The first-order valence-corrected chi connectivity index (χ1v) is 3.18. The van der Waals surface area contributed by atoms with Crippen LogP contribution < -0.4 is 5.73 Å². The molecule has 3 N–H and O–H groups in total. The van der Waals surface area contributed by atoms with E-state index in [4.69, 9.17) is 5.73 Å². The van der Waals surface area contributed by atoms with Crippen LogP contribution in [0.4, 0.5) is 0 Å². The molecule has 0 fully saturated rings. The van der Waals surface area contributed by atoms with Crippen molar-refractivity contribution in [1.29, 1.82) is 0 Å². The van der Waals surface area contributed by atoms with Crippen LogP contribution in [0.2, 0.25) is 0 Å². The van der Waals surface area contributed by atoms with Gasteiger partial charge >= 0.3 is 0 Å². The van der Waals surface area contributed by atoms with Crippen LogP contribution in [-0.4, -0.2) is 17.5 Å².